The second-order valence-electron chi connectivity index (χ2n) is 3.34. The highest BCUT2D eigenvalue weighted by atomic mass is 16.5. The van der Waals surface area contributed by atoms with E-state index in [4.69, 9.17) is 4.74 Å². The van der Waals surface area contributed by atoms with Crippen molar-refractivity contribution in [2.24, 2.45) is 0 Å². The summed E-state index contributed by atoms with van der Waals surface area (Å²) < 4.78 is 5.11. The Balaban J connectivity index is 2.17. The molecule has 16 heavy (non-hydrogen) atoms. The van der Waals surface area contributed by atoms with Gasteiger partial charge in [0, 0.05) is 11.6 Å². The van der Waals surface area contributed by atoms with E-state index in [0.717, 1.165) is 0 Å². The monoisotopic (exact) mass is 217 g/mol. The molecule has 1 saturated heterocycles. The second kappa shape index (κ2) is 4.61. The first-order chi connectivity index (χ1) is 7.77. The maximum atomic E-state index is 11.7. The van der Waals surface area contributed by atoms with Crippen LogP contribution in [0.1, 0.15) is 10.4 Å². The minimum absolute atomic E-state index is 0.0834. The molecule has 4 nitrogen and oxygen atoms in total. The third-order valence-electron chi connectivity index (χ3n) is 2.19. The molecule has 0 saturated carbocycles. The average molecular weight is 217 g/mol. The normalized spacial score (nSPS) is 17.8. The number of allylic oxidation sites excluding steroid dienone is 1. The van der Waals surface area contributed by atoms with Gasteiger partial charge in [-0.2, -0.15) is 0 Å². The fourth-order valence-corrected chi connectivity index (χ4v) is 1.39. The molecule has 0 atom stereocenters. The van der Waals surface area contributed by atoms with E-state index in [1.54, 1.807) is 24.3 Å². The van der Waals surface area contributed by atoms with Crippen LogP contribution in [0.25, 0.3) is 0 Å². The molecule has 1 aromatic rings. The summed E-state index contributed by atoms with van der Waals surface area (Å²) in [5, 5.41) is 2.60. The minimum Gasteiger partial charge on any atom is -0.486 e. The van der Waals surface area contributed by atoms with Crippen LogP contribution in [0, 0.1) is 0 Å². The lowest BCUT2D eigenvalue weighted by atomic mass is 10.1. The maximum Gasteiger partial charge on any atom is 0.286 e. The summed E-state index contributed by atoms with van der Waals surface area (Å²) in [6, 6.07) is 8.76. The Morgan fingerprint density at radius 3 is 2.75 bits per heavy atom. The van der Waals surface area contributed by atoms with Crippen molar-refractivity contribution in [1.82, 2.24) is 5.32 Å². The summed E-state index contributed by atoms with van der Waals surface area (Å²) in [4.78, 5) is 23.0. The molecule has 0 spiro atoms. The third-order valence-corrected chi connectivity index (χ3v) is 2.19. The summed E-state index contributed by atoms with van der Waals surface area (Å²) in [7, 11) is 0. The van der Waals surface area contributed by atoms with Crippen LogP contribution in [0.15, 0.2) is 42.2 Å². The Morgan fingerprint density at radius 2 is 2.06 bits per heavy atom. The molecule has 0 aromatic heterocycles. The number of hydrogen-bond acceptors (Lipinski definition) is 3. The first kappa shape index (κ1) is 10.4. The molecule has 1 aliphatic heterocycles. The molecule has 82 valence electrons. The van der Waals surface area contributed by atoms with Gasteiger partial charge in [-0.25, -0.2) is 0 Å². The first-order valence-corrected chi connectivity index (χ1v) is 4.99. The van der Waals surface area contributed by atoms with Gasteiger partial charge in [-0.1, -0.05) is 30.3 Å². The Labute approximate surface area is 92.9 Å². The van der Waals surface area contributed by atoms with Gasteiger partial charge in [-0.05, 0) is 0 Å². The van der Waals surface area contributed by atoms with Gasteiger partial charge < -0.3 is 10.1 Å². The fourth-order valence-electron chi connectivity index (χ4n) is 1.39. The second-order valence-corrected chi connectivity index (χ2v) is 3.34. The van der Waals surface area contributed by atoms with Crippen LogP contribution in [0.4, 0.5) is 0 Å². The first-order valence-electron chi connectivity index (χ1n) is 4.99. The van der Waals surface area contributed by atoms with E-state index in [9.17, 15) is 9.59 Å². The largest absolute Gasteiger partial charge is 0.486 e. The Morgan fingerprint density at radius 1 is 1.31 bits per heavy atom. The number of carbonyl (C=O) groups excluding carboxylic acids is 2. The van der Waals surface area contributed by atoms with E-state index in [1.807, 2.05) is 6.07 Å². The van der Waals surface area contributed by atoms with Crippen molar-refractivity contribution in [3.8, 4) is 0 Å². The van der Waals surface area contributed by atoms with Crippen molar-refractivity contribution in [2.75, 3.05) is 13.2 Å². The quantitative estimate of drug-likeness (QED) is 0.591. The van der Waals surface area contributed by atoms with Crippen LogP contribution in [0.5, 0.6) is 0 Å². The predicted molar refractivity (Wildman–Crippen MR) is 57.8 cm³/mol. The van der Waals surface area contributed by atoms with Crippen LogP contribution in [0.3, 0.4) is 0 Å². The van der Waals surface area contributed by atoms with E-state index in [-0.39, 0.29) is 17.4 Å². The zero-order valence-electron chi connectivity index (χ0n) is 8.60. The number of morpholine rings is 1. The molecule has 1 N–H and O–H groups in total. The molecule has 0 aliphatic carbocycles. The molecule has 1 amide bonds. The molecule has 0 unspecified atom stereocenters. The van der Waals surface area contributed by atoms with Crippen molar-refractivity contribution in [1.29, 1.82) is 0 Å². The van der Waals surface area contributed by atoms with Crippen molar-refractivity contribution in [3.05, 3.63) is 47.7 Å². The number of rotatable bonds is 2. The van der Waals surface area contributed by atoms with Gasteiger partial charge in [0.25, 0.3) is 5.91 Å². The lowest BCUT2D eigenvalue weighted by molar-refractivity contribution is -0.123. The van der Waals surface area contributed by atoms with E-state index in [0.29, 0.717) is 18.7 Å². The summed E-state index contributed by atoms with van der Waals surface area (Å²) in [5.41, 5.74) is 0.539. The molecular weight excluding hydrogens is 206 g/mol. The van der Waals surface area contributed by atoms with Crippen molar-refractivity contribution in [2.45, 2.75) is 0 Å². The van der Waals surface area contributed by atoms with Gasteiger partial charge in [-0.15, -0.1) is 0 Å². The van der Waals surface area contributed by atoms with E-state index < -0.39 is 0 Å². The molecule has 1 aliphatic rings. The highest BCUT2D eigenvalue weighted by Gasteiger charge is 2.17. The Kier molecular flexibility index (Phi) is 3.00. The highest BCUT2D eigenvalue weighted by Crippen LogP contribution is 2.07. The van der Waals surface area contributed by atoms with Crippen molar-refractivity contribution >= 4 is 11.7 Å². The highest BCUT2D eigenvalue weighted by molar-refractivity contribution is 6.08. The van der Waals surface area contributed by atoms with Gasteiger partial charge >= 0.3 is 0 Å². The van der Waals surface area contributed by atoms with Gasteiger partial charge in [0.15, 0.2) is 11.5 Å². The number of benzene rings is 1. The van der Waals surface area contributed by atoms with E-state index >= 15 is 0 Å². The molecule has 2 rings (SSSR count). The Hall–Kier alpha value is -2.10. The molecule has 1 aromatic carbocycles. The van der Waals surface area contributed by atoms with Crippen LogP contribution in [-0.4, -0.2) is 24.8 Å². The minimum atomic E-state index is -0.337. The number of amides is 1. The SMILES string of the molecule is O=C1NCCO/C1=C\C(=O)c1ccccc1. The van der Waals surface area contributed by atoms with Crippen LogP contribution in [0.2, 0.25) is 0 Å². The molecule has 0 radical (unpaired) electrons. The van der Waals surface area contributed by atoms with Crippen molar-refractivity contribution < 1.29 is 14.3 Å². The van der Waals surface area contributed by atoms with Crippen LogP contribution >= 0.6 is 0 Å². The predicted octanol–water partition coefficient (Wildman–Crippen LogP) is 0.900. The van der Waals surface area contributed by atoms with Gasteiger partial charge in [-0.3, -0.25) is 9.59 Å². The molecule has 0 bridgehead atoms. The summed E-state index contributed by atoms with van der Waals surface area (Å²) >= 11 is 0. The number of nitrogens with one attached hydrogen (secondary N) is 1. The fraction of sp³-hybridized carbons (Fsp3) is 0.167. The van der Waals surface area contributed by atoms with E-state index in [2.05, 4.69) is 5.32 Å². The maximum absolute atomic E-state index is 11.7. The molecule has 4 heteroatoms. The molecular formula is C12H11NO3. The number of hydrogen-bond donors (Lipinski definition) is 1. The van der Waals surface area contributed by atoms with Crippen molar-refractivity contribution in [3.63, 3.8) is 0 Å². The topological polar surface area (TPSA) is 55.4 Å². The zero-order chi connectivity index (χ0) is 11.4. The Bertz CT molecular complexity index is 437. The van der Waals surface area contributed by atoms with Gasteiger partial charge in [0.05, 0.1) is 6.54 Å². The molecule has 1 fully saturated rings. The third kappa shape index (κ3) is 2.28. The summed E-state index contributed by atoms with van der Waals surface area (Å²) in [6.07, 6.45) is 1.23. The lowest BCUT2D eigenvalue weighted by Gasteiger charge is -2.15. The number of ether oxygens (including phenoxy) is 1. The van der Waals surface area contributed by atoms with Gasteiger partial charge in [0.2, 0.25) is 0 Å². The number of ketones is 1. The average Bonchev–Trinajstić information content (AvgIpc) is 2.33. The van der Waals surface area contributed by atoms with E-state index in [1.165, 1.54) is 6.08 Å². The van der Waals surface area contributed by atoms with Gasteiger partial charge in [0.1, 0.15) is 6.61 Å². The lowest BCUT2D eigenvalue weighted by Crippen LogP contribution is -2.35. The van der Waals surface area contributed by atoms with Crippen LogP contribution in [-0.2, 0) is 9.53 Å². The van der Waals surface area contributed by atoms with Crippen LogP contribution < -0.4 is 5.32 Å². The number of carbonyl (C=O) groups is 2. The summed E-state index contributed by atoms with van der Waals surface area (Å²) in [6.45, 7) is 0.884. The smallest absolute Gasteiger partial charge is 0.286 e. The molecule has 1 heterocycles. The zero-order valence-corrected chi connectivity index (χ0v) is 8.60. The standard InChI is InChI=1S/C12H11NO3/c14-10(9-4-2-1-3-5-9)8-11-12(15)13-6-7-16-11/h1-5,8H,6-7H2,(H,13,15)/b11-8-. The summed E-state index contributed by atoms with van der Waals surface area (Å²) in [5.74, 6) is -0.483.